The molecule has 0 N–H and O–H groups in total. The molecule has 9 rings (SSSR count). The van der Waals surface area contributed by atoms with Crippen molar-refractivity contribution in [1.29, 1.82) is 0 Å². The molecule has 5 nitrogen and oxygen atoms in total. The number of ether oxygens (including phenoxy) is 1. The van der Waals surface area contributed by atoms with Crippen molar-refractivity contribution < 1.29 is 25.8 Å². The first kappa shape index (κ1) is 48.7. The van der Waals surface area contributed by atoms with Crippen LogP contribution in [0.1, 0.15) is 155 Å². The van der Waals surface area contributed by atoms with E-state index < -0.39 is 0 Å². The van der Waals surface area contributed by atoms with Crippen LogP contribution in [0.4, 0.5) is 22.9 Å². The third-order valence-corrected chi connectivity index (χ3v) is 13.9. The van der Waals surface area contributed by atoms with Crippen LogP contribution in [0.25, 0.3) is 0 Å². The smallest absolute Gasteiger partial charge is 0.503 e. The average molecular weight is 1080 g/mol. The zero-order valence-corrected chi connectivity index (χ0v) is 44.2. The Hall–Kier alpha value is -5.77. The molecule has 0 fully saturated rings. The number of nitrogens with zero attached hydrogens (tertiary/aromatic N) is 4. The summed E-state index contributed by atoms with van der Waals surface area (Å²) in [5.41, 5.74) is 15.0. The number of pyridine rings is 1. The van der Waals surface area contributed by atoms with Crippen LogP contribution in [-0.4, -0.2) is 23.4 Å². The summed E-state index contributed by atoms with van der Waals surface area (Å²) in [6, 6.07) is 56.0. The molecule has 6 heteroatoms. The second-order valence-corrected chi connectivity index (χ2v) is 21.2. The molecule has 0 unspecified atom stereocenters. The number of amidine groups is 1. The topological polar surface area (TPSA) is 41.0 Å². The van der Waals surface area contributed by atoms with Crippen LogP contribution < -0.4 is 14.5 Å². The minimum Gasteiger partial charge on any atom is -0.503 e. The molecule has 0 saturated carbocycles. The molecule has 2 aliphatic heterocycles. The van der Waals surface area contributed by atoms with Gasteiger partial charge in [0.15, 0.2) is 0 Å². The van der Waals surface area contributed by atoms with Gasteiger partial charge in [-0.1, -0.05) is 198 Å². The summed E-state index contributed by atoms with van der Waals surface area (Å²) in [4.78, 5) is 15.6. The Kier molecular flexibility index (Phi) is 13.8. The molecule has 7 aromatic rings. The van der Waals surface area contributed by atoms with E-state index in [0.717, 1.165) is 46.3 Å². The zero-order chi connectivity index (χ0) is 47.4. The normalized spacial score (nSPS) is 15.4. The molecule has 3 heterocycles. The summed E-state index contributed by atoms with van der Waals surface area (Å²) in [7, 11) is 0. The Bertz CT molecular complexity index is 2880. The van der Waals surface area contributed by atoms with Gasteiger partial charge >= 0.3 is 21.1 Å². The van der Waals surface area contributed by atoms with Crippen molar-refractivity contribution in [3.63, 3.8) is 0 Å². The molecule has 0 aliphatic carbocycles. The maximum Gasteiger partial charge on any atom is 2.00 e. The summed E-state index contributed by atoms with van der Waals surface area (Å²) in [6.45, 7) is 28.0. The molecule has 0 spiro atoms. The predicted octanol–water partition coefficient (Wildman–Crippen LogP) is 16.0. The average Bonchev–Trinajstić information content (AvgIpc) is 3.73. The van der Waals surface area contributed by atoms with Crippen LogP contribution in [0.2, 0.25) is 0 Å². The van der Waals surface area contributed by atoms with Crippen LogP contribution in [0, 0.1) is 19.1 Å². The monoisotopic (exact) mass is 1080 g/mol. The van der Waals surface area contributed by atoms with Gasteiger partial charge in [0.2, 0.25) is 0 Å². The van der Waals surface area contributed by atoms with E-state index in [-0.39, 0.29) is 49.8 Å². The molecule has 0 saturated heterocycles. The van der Waals surface area contributed by atoms with Crippen molar-refractivity contribution in [3.05, 3.63) is 207 Å². The molecule has 0 radical (unpaired) electrons. The van der Waals surface area contributed by atoms with Crippen LogP contribution in [-0.2, 0) is 31.9 Å². The Balaban J connectivity index is 0.00000625. The van der Waals surface area contributed by atoms with E-state index in [1.165, 1.54) is 44.6 Å². The number of benzene rings is 6. The summed E-state index contributed by atoms with van der Waals surface area (Å²) in [5, 5.41) is 0. The molecule has 0 amide bonds. The van der Waals surface area contributed by atoms with Gasteiger partial charge in [0.25, 0.3) is 0 Å². The van der Waals surface area contributed by atoms with E-state index in [4.69, 9.17) is 14.7 Å². The fourth-order valence-electron chi connectivity index (χ4n) is 10.2. The predicted molar refractivity (Wildman–Crippen MR) is 280 cm³/mol. The fraction of sp³-hybridized carbons (Fsp3) is 0.323. The third kappa shape index (κ3) is 9.36. The number of hydrogen-bond acceptors (Lipinski definition) is 5. The largest absolute Gasteiger partial charge is 2.00 e. The number of aromatic nitrogens is 1. The Morgan fingerprint density at radius 1 is 0.662 bits per heavy atom. The van der Waals surface area contributed by atoms with Gasteiger partial charge in [-0.05, 0) is 68.7 Å². The standard InChI is InChI=1S/C62H66N4O.Pt/c1-39(2)45-33-46(59-64-55(57(43-21-15-13-16-22-43)44-23-17-14-18-24-44)38-65(59)58-51(40(3)4)25-19-26-52(58)41(5)6)35-50(34-45)67-49-32-42(7)31-48(37-49)66-56-29-28-47(61(8,9)10)36-54(56)62(11,12)53-27-20-30-63-60(53)66;/h13-34,36,39-41,55,57H,38H2,1-12H3;/q-2;+2/t55-;/m0./s1. The van der Waals surface area contributed by atoms with E-state index in [2.05, 4.69) is 232 Å². The first-order chi connectivity index (χ1) is 32.0. The number of aryl methyl sites for hydroxylation is 1. The number of aliphatic imine (C=N–C) groups is 1. The summed E-state index contributed by atoms with van der Waals surface area (Å²) in [5.74, 6) is 3.98. The minimum absolute atomic E-state index is 0. The number of hydrogen-bond donors (Lipinski definition) is 0. The second kappa shape index (κ2) is 19.3. The van der Waals surface area contributed by atoms with E-state index in [1.54, 1.807) is 0 Å². The van der Waals surface area contributed by atoms with Gasteiger partial charge in [-0.2, -0.15) is 5.56 Å². The second-order valence-electron chi connectivity index (χ2n) is 21.2. The molecule has 6 aromatic carbocycles. The number of anilines is 4. The van der Waals surface area contributed by atoms with Crippen LogP contribution >= 0.6 is 0 Å². The Morgan fingerprint density at radius 2 is 1.29 bits per heavy atom. The molecule has 68 heavy (non-hydrogen) atoms. The van der Waals surface area contributed by atoms with Crippen molar-refractivity contribution >= 4 is 28.7 Å². The van der Waals surface area contributed by atoms with E-state index in [1.807, 2.05) is 12.3 Å². The van der Waals surface area contributed by atoms with Crippen molar-refractivity contribution in [2.24, 2.45) is 4.99 Å². The van der Waals surface area contributed by atoms with Crippen molar-refractivity contribution in [3.8, 4) is 11.5 Å². The van der Waals surface area contributed by atoms with E-state index >= 15 is 0 Å². The summed E-state index contributed by atoms with van der Waals surface area (Å²) in [6.07, 6.45) is 1.89. The summed E-state index contributed by atoms with van der Waals surface area (Å²) >= 11 is 0. The molecular weight excluding hydrogens is 1010 g/mol. The molecule has 2 aliphatic rings. The SMILES string of the molecule is Cc1cc(Oc2[c-]c(C3=N[C@H](C(c4ccccc4)c4ccccc4)CN3c3c(C(C)C)cccc3C(C)C)cc(C(C)C)c2)[c-]c(N2c3ccc(C(C)(C)C)cc3C(C)(C)c3cccnc32)c1.[Pt+2]. The minimum atomic E-state index is -0.258. The van der Waals surface area contributed by atoms with Gasteiger partial charge < -0.3 is 19.5 Å². The van der Waals surface area contributed by atoms with Gasteiger partial charge in [-0.25, -0.2) is 4.98 Å². The Morgan fingerprint density at radius 3 is 1.90 bits per heavy atom. The van der Waals surface area contributed by atoms with Gasteiger partial charge in [0, 0.05) is 52.5 Å². The van der Waals surface area contributed by atoms with Crippen molar-refractivity contribution in [2.45, 2.75) is 124 Å². The molecule has 350 valence electrons. The van der Waals surface area contributed by atoms with Gasteiger partial charge in [-0.3, -0.25) is 0 Å². The first-order valence-electron chi connectivity index (χ1n) is 24.3. The zero-order valence-electron chi connectivity index (χ0n) is 41.9. The first-order valence-corrected chi connectivity index (χ1v) is 24.3. The maximum absolute atomic E-state index is 7.01. The van der Waals surface area contributed by atoms with Gasteiger partial charge in [0.1, 0.15) is 5.82 Å². The fourth-order valence-corrected chi connectivity index (χ4v) is 10.2. The van der Waals surface area contributed by atoms with Crippen molar-refractivity contribution in [2.75, 3.05) is 16.3 Å². The summed E-state index contributed by atoms with van der Waals surface area (Å²) < 4.78 is 7.01. The number of fused-ring (bicyclic) bond motifs is 2. The number of para-hydroxylation sites is 1. The molecular formula is C62H66N4OPt. The molecule has 1 aromatic heterocycles. The number of rotatable bonds is 11. The third-order valence-electron chi connectivity index (χ3n) is 13.9. The van der Waals surface area contributed by atoms with Crippen molar-refractivity contribution in [1.82, 2.24) is 4.98 Å². The van der Waals surface area contributed by atoms with E-state index in [9.17, 15) is 0 Å². The van der Waals surface area contributed by atoms with Crippen LogP contribution in [0.15, 0.2) is 145 Å². The Labute approximate surface area is 421 Å². The van der Waals surface area contributed by atoms with E-state index in [0.29, 0.717) is 23.3 Å². The quantitative estimate of drug-likeness (QED) is 0.121. The van der Waals surface area contributed by atoms with Gasteiger partial charge in [-0.15, -0.1) is 35.4 Å². The maximum atomic E-state index is 7.01. The van der Waals surface area contributed by atoms with Crippen LogP contribution in [0.5, 0.6) is 11.5 Å². The molecule has 0 bridgehead atoms. The van der Waals surface area contributed by atoms with Crippen LogP contribution in [0.3, 0.4) is 0 Å². The molecule has 1 atom stereocenters. The van der Waals surface area contributed by atoms with Gasteiger partial charge in [0.05, 0.1) is 11.9 Å².